The van der Waals surface area contributed by atoms with Gasteiger partial charge in [-0.15, -0.1) is 0 Å². The van der Waals surface area contributed by atoms with E-state index in [0.29, 0.717) is 13.0 Å². The van der Waals surface area contributed by atoms with Crippen molar-refractivity contribution in [3.63, 3.8) is 0 Å². The lowest BCUT2D eigenvalue weighted by molar-refractivity contribution is -0.121. The van der Waals surface area contributed by atoms with Gasteiger partial charge < -0.3 is 19.5 Å². The van der Waals surface area contributed by atoms with E-state index in [4.69, 9.17) is 4.74 Å². The Morgan fingerprint density at radius 1 is 1.26 bits per heavy atom. The van der Waals surface area contributed by atoms with Gasteiger partial charge in [0.05, 0.1) is 19.1 Å². The standard InChI is InChI=1S/C18H23N3O2/c1-20-10-11-23-17(14-20)13-19-18(22)12-15-4-6-16(7-5-15)21-8-2-3-9-21/h2-9,17H,10-14H2,1H3,(H,19,22). The van der Waals surface area contributed by atoms with Crippen molar-refractivity contribution in [3.8, 4) is 5.69 Å². The third-order valence-corrected chi connectivity index (χ3v) is 4.07. The second kappa shape index (κ2) is 7.44. The van der Waals surface area contributed by atoms with Crippen LogP contribution in [0.3, 0.4) is 0 Å². The predicted molar refractivity (Wildman–Crippen MR) is 89.7 cm³/mol. The monoisotopic (exact) mass is 313 g/mol. The second-order valence-electron chi connectivity index (χ2n) is 5.99. The van der Waals surface area contributed by atoms with Crippen LogP contribution in [0, 0.1) is 0 Å². The minimum absolute atomic E-state index is 0.0375. The molecule has 0 spiro atoms. The van der Waals surface area contributed by atoms with Gasteiger partial charge in [-0.3, -0.25) is 4.79 Å². The normalized spacial score (nSPS) is 18.7. The topological polar surface area (TPSA) is 46.5 Å². The summed E-state index contributed by atoms with van der Waals surface area (Å²) in [6, 6.07) is 12.0. The first-order chi connectivity index (χ1) is 11.2. The number of ether oxygens (including phenoxy) is 1. The minimum Gasteiger partial charge on any atom is -0.374 e. The summed E-state index contributed by atoms with van der Waals surface area (Å²) in [4.78, 5) is 14.3. The van der Waals surface area contributed by atoms with E-state index in [-0.39, 0.29) is 12.0 Å². The number of carbonyl (C=O) groups excluding carboxylic acids is 1. The lowest BCUT2D eigenvalue weighted by atomic mass is 10.1. The number of nitrogens with one attached hydrogen (secondary N) is 1. The Balaban J connectivity index is 1.48. The van der Waals surface area contributed by atoms with Gasteiger partial charge in [0.1, 0.15) is 0 Å². The molecule has 1 aromatic heterocycles. The van der Waals surface area contributed by atoms with Gasteiger partial charge >= 0.3 is 0 Å². The molecule has 0 radical (unpaired) electrons. The number of aromatic nitrogens is 1. The first-order valence-electron chi connectivity index (χ1n) is 8.00. The van der Waals surface area contributed by atoms with Crippen LogP contribution in [0.1, 0.15) is 5.56 Å². The fourth-order valence-electron chi connectivity index (χ4n) is 2.76. The number of rotatable bonds is 5. The average Bonchev–Trinajstić information content (AvgIpc) is 3.08. The van der Waals surface area contributed by atoms with Gasteiger partial charge in [-0.25, -0.2) is 0 Å². The van der Waals surface area contributed by atoms with Gasteiger partial charge in [-0.2, -0.15) is 0 Å². The molecule has 0 aliphatic carbocycles. The second-order valence-corrected chi connectivity index (χ2v) is 5.99. The molecule has 1 aliphatic rings. The van der Waals surface area contributed by atoms with E-state index in [1.54, 1.807) is 0 Å². The molecule has 1 unspecified atom stereocenters. The van der Waals surface area contributed by atoms with Gasteiger partial charge in [-0.05, 0) is 36.9 Å². The largest absolute Gasteiger partial charge is 0.374 e. The van der Waals surface area contributed by atoms with Gasteiger partial charge in [-0.1, -0.05) is 12.1 Å². The molecule has 122 valence electrons. The summed E-state index contributed by atoms with van der Waals surface area (Å²) in [7, 11) is 2.07. The van der Waals surface area contributed by atoms with Crippen molar-refractivity contribution in [3.05, 3.63) is 54.4 Å². The third kappa shape index (κ3) is 4.43. The van der Waals surface area contributed by atoms with Crippen molar-refractivity contribution in [2.45, 2.75) is 12.5 Å². The van der Waals surface area contributed by atoms with Crippen LogP contribution in [-0.4, -0.2) is 54.8 Å². The number of likely N-dealkylation sites (N-methyl/N-ethyl adjacent to an activating group) is 1. The van der Waals surface area contributed by atoms with Crippen molar-refractivity contribution in [2.75, 3.05) is 33.3 Å². The van der Waals surface area contributed by atoms with Crippen LogP contribution in [-0.2, 0) is 16.0 Å². The molecule has 5 heteroatoms. The molecule has 23 heavy (non-hydrogen) atoms. The molecule has 1 aliphatic heterocycles. The number of nitrogens with zero attached hydrogens (tertiary/aromatic N) is 2. The van der Waals surface area contributed by atoms with Crippen LogP contribution in [0.4, 0.5) is 0 Å². The molecule has 1 aromatic carbocycles. The van der Waals surface area contributed by atoms with Gasteiger partial charge in [0.25, 0.3) is 0 Å². The maximum atomic E-state index is 12.1. The van der Waals surface area contributed by atoms with E-state index >= 15 is 0 Å². The lowest BCUT2D eigenvalue weighted by Gasteiger charge is -2.30. The highest BCUT2D eigenvalue weighted by molar-refractivity contribution is 5.78. The molecule has 1 atom stereocenters. The summed E-state index contributed by atoms with van der Waals surface area (Å²) in [6.07, 6.45) is 4.49. The minimum atomic E-state index is 0.0375. The molecule has 1 saturated heterocycles. The Labute approximate surface area is 136 Å². The molecule has 0 saturated carbocycles. The van der Waals surface area contributed by atoms with Gasteiger partial charge in [0, 0.05) is 37.7 Å². The molecule has 2 heterocycles. The van der Waals surface area contributed by atoms with E-state index in [1.165, 1.54) is 0 Å². The van der Waals surface area contributed by atoms with E-state index in [1.807, 2.05) is 53.4 Å². The summed E-state index contributed by atoms with van der Waals surface area (Å²) in [5.41, 5.74) is 2.11. The fraction of sp³-hybridized carbons (Fsp3) is 0.389. The van der Waals surface area contributed by atoms with Crippen molar-refractivity contribution in [2.24, 2.45) is 0 Å². The van der Waals surface area contributed by atoms with Crippen molar-refractivity contribution >= 4 is 5.91 Å². The van der Waals surface area contributed by atoms with Crippen LogP contribution in [0.25, 0.3) is 5.69 Å². The molecule has 1 N–H and O–H groups in total. The number of hydrogen-bond donors (Lipinski definition) is 1. The molecule has 5 nitrogen and oxygen atoms in total. The van der Waals surface area contributed by atoms with Crippen molar-refractivity contribution in [1.29, 1.82) is 0 Å². The Morgan fingerprint density at radius 3 is 2.70 bits per heavy atom. The van der Waals surface area contributed by atoms with Crippen LogP contribution >= 0.6 is 0 Å². The number of benzene rings is 1. The van der Waals surface area contributed by atoms with Gasteiger partial charge in [0.15, 0.2) is 0 Å². The molecule has 1 amide bonds. The summed E-state index contributed by atoms with van der Waals surface area (Å²) in [6.45, 7) is 3.13. The summed E-state index contributed by atoms with van der Waals surface area (Å²) in [5, 5.41) is 2.97. The SMILES string of the molecule is CN1CCOC(CNC(=O)Cc2ccc(-n3cccc3)cc2)C1. The lowest BCUT2D eigenvalue weighted by Crippen LogP contribution is -2.46. The highest BCUT2D eigenvalue weighted by atomic mass is 16.5. The quantitative estimate of drug-likeness (QED) is 0.909. The maximum absolute atomic E-state index is 12.1. The average molecular weight is 313 g/mol. The van der Waals surface area contributed by atoms with E-state index < -0.39 is 0 Å². The predicted octanol–water partition coefficient (Wildman–Crippen LogP) is 1.47. The van der Waals surface area contributed by atoms with Crippen LogP contribution in [0.2, 0.25) is 0 Å². The Morgan fingerprint density at radius 2 is 2.00 bits per heavy atom. The van der Waals surface area contributed by atoms with E-state index in [2.05, 4.69) is 17.3 Å². The molecular formula is C18H23N3O2. The van der Waals surface area contributed by atoms with Crippen LogP contribution < -0.4 is 5.32 Å². The summed E-state index contributed by atoms with van der Waals surface area (Å²) in [5.74, 6) is 0.0375. The first-order valence-corrected chi connectivity index (χ1v) is 8.00. The zero-order valence-corrected chi connectivity index (χ0v) is 13.4. The first kappa shape index (κ1) is 15.8. The van der Waals surface area contributed by atoms with Gasteiger partial charge in [0.2, 0.25) is 5.91 Å². The fourth-order valence-corrected chi connectivity index (χ4v) is 2.76. The maximum Gasteiger partial charge on any atom is 0.224 e. The zero-order valence-electron chi connectivity index (χ0n) is 13.4. The summed E-state index contributed by atoms with van der Waals surface area (Å²) < 4.78 is 7.69. The van der Waals surface area contributed by atoms with Crippen molar-refractivity contribution in [1.82, 2.24) is 14.8 Å². The number of morpholine rings is 1. The van der Waals surface area contributed by atoms with Crippen LogP contribution in [0.5, 0.6) is 0 Å². The number of amides is 1. The van der Waals surface area contributed by atoms with E-state index in [0.717, 1.165) is 30.9 Å². The van der Waals surface area contributed by atoms with Crippen LogP contribution in [0.15, 0.2) is 48.8 Å². The Hall–Kier alpha value is -2.11. The highest BCUT2D eigenvalue weighted by Crippen LogP contribution is 2.10. The molecule has 0 bridgehead atoms. The third-order valence-electron chi connectivity index (χ3n) is 4.07. The number of carbonyl (C=O) groups is 1. The molecular weight excluding hydrogens is 290 g/mol. The molecule has 1 fully saturated rings. The number of hydrogen-bond acceptors (Lipinski definition) is 3. The Kier molecular flexibility index (Phi) is 5.10. The van der Waals surface area contributed by atoms with Crippen molar-refractivity contribution < 1.29 is 9.53 Å². The Bertz CT molecular complexity index is 622. The highest BCUT2D eigenvalue weighted by Gasteiger charge is 2.18. The molecule has 3 rings (SSSR count). The summed E-state index contributed by atoms with van der Waals surface area (Å²) >= 11 is 0. The van der Waals surface area contributed by atoms with E-state index in [9.17, 15) is 4.79 Å². The molecule has 2 aromatic rings. The zero-order chi connectivity index (χ0) is 16.1. The smallest absolute Gasteiger partial charge is 0.224 e.